The molecule has 0 saturated carbocycles. The van der Waals surface area contributed by atoms with Gasteiger partial charge in [0.25, 0.3) is 5.91 Å². The second-order valence-electron chi connectivity index (χ2n) is 6.10. The third-order valence-corrected chi connectivity index (χ3v) is 4.73. The molecule has 0 radical (unpaired) electrons. The molecule has 0 aromatic carbocycles. The minimum atomic E-state index is 0.0548. The molecule has 0 spiro atoms. The lowest BCUT2D eigenvalue weighted by molar-refractivity contribution is -0.0487. The molecule has 3 rings (SSSR count). The summed E-state index contributed by atoms with van der Waals surface area (Å²) >= 11 is 0. The molecule has 1 amide bonds. The Hall–Kier alpha value is -1.44. The largest absolute Gasteiger partial charge is 0.385 e. The van der Waals surface area contributed by atoms with E-state index < -0.39 is 0 Å². The van der Waals surface area contributed by atoms with Crippen LogP contribution in [0.2, 0.25) is 0 Å². The van der Waals surface area contributed by atoms with E-state index >= 15 is 0 Å². The van der Waals surface area contributed by atoms with Crippen LogP contribution in [0.15, 0.2) is 12.3 Å². The summed E-state index contributed by atoms with van der Waals surface area (Å²) in [6, 6.07) is 2.09. The van der Waals surface area contributed by atoms with Crippen LogP contribution in [-0.4, -0.2) is 84.1 Å². The average molecular weight is 322 g/mol. The number of morpholine rings is 1. The maximum atomic E-state index is 12.8. The predicted octanol–water partition coefficient (Wildman–Crippen LogP) is 0.465. The third-order valence-electron chi connectivity index (χ3n) is 4.73. The molecule has 0 unspecified atom stereocenters. The van der Waals surface area contributed by atoms with Crippen molar-refractivity contribution in [3.8, 4) is 0 Å². The Labute approximate surface area is 137 Å². The fraction of sp³-hybridized carbons (Fsp3) is 0.750. The minimum Gasteiger partial charge on any atom is -0.385 e. The summed E-state index contributed by atoms with van der Waals surface area (Å²) in [5, 5.41) is 4.20. The molecule has 7 heteroatoms. The first-order valence-corrected chi connectivity index (χ1v) is 8.40. The molecule has 2 aliphatic rings. The molecular formula is C16H26N4O3. The molecule has 0 bridgehead atoms. The summed E-state index contributed by atoms with van der Waals surface area (Å²) < 4.78 is 12.8. The zero-order chi connectivity index (χ0) is 16.2. The molecule has 23 heavy (non-hydrogen) atoms. The number of hydrogen-bond donors (Lipinski definition) is 0. The van der Waals surface area contributed by atoms with E-state index in [1.165, 1.54) is 0 Å². The molecule has 2 aliphatic heterocycles. The number of methoxy groups -OCH3 is 1. The average Bonchev–Trinajstić information content (AvgIpc) is 3.21. The molecule has 7 nitrogen and oxygen atoms in total. The smallest absolute Gasteiger partial charge is 0.272 e. The number of nitrogens with zero attached hydrogens (tertiary/aromatic N) is 4. The molecular weight excluding hydrogens is 296 g/mol. The van der Waals surface area contributed by atoms with Crippen LogP contribution in [0.4, 0.5) is 0 Å². The van der Waals surface area contributed by atoms with E-state index in [1.54, 1.807) is 24.1 Å². The summed E-state index contributed by atoms with van der Waals surface area (Å²) in [7, 11) is 1.73. The van der Waals surface area contributed by atoms with E-state index in [4.69, 9.17) is 9.47 Å². The molecule has 3 heterocycles. The van der Waals surface area contributed by atoms with Crippen LogP contribution in [0.25, 0.3) is 0 Å². The Kier molecular flexibility index (Phi) is 5.30. The zero-order valence-corrected chi connectivity index (χ0v) is 14.0. The van der Waals surface area contributed by atoms with Crippen molar-refractivity contribution in [3.63, 3.8) is 0 Å². The van der Waals surface area contributed by atoms with Crippen molar-refractivity contribution in [2.75, 3.05) is 46.5 Å². The first kappa shape index (κ1) is 16.4. The highest BCUT2D eigenvalue weighted by Gasteiger charge is 2.42. The number of carbonyl (C=O) groups is 1. The molecule has 0 aliphatic carbocycles. The van der Waals surface area contributed by atoms with Gasteiger partial charge in [-0.15, -0.1) is 0 Å². The molecule has 0 N–H and O–H groups in total. The van der Waals surface area contributed by atoms with E-state index in [1.807, 2.05) is 11.8 Å². The van der Waals surface area contributed by atoms with Crippen molar-refractivity contribution in [2.24, 2.45) is 0 Å². The Balaban J connectivity index is 1.65. The van der Waals surface area contributed by atoms with Gasteiger partial charge in [-0.25, -0.2) is 0 Å². The molecule has 128 valence electrons. The fourth-order valence-corrected chi connectivity index (χ4v) is 3.54. The molecule has 1 aromatic rings. The van der Waals surface area contributed by atoms with Gasteiger partial charge in [0, 0.05) is 52.6 Å². The van der Waals surface area contributed by atoms with Crippen molar-refractivity contribution in [1.29, 1.82) is 0 Å². The van der Waals surface area contributed by atoms with Gasteiger partial charge in [-0.05, 0) is 19.4 Å². The molecule has 2 saturated heterocycles. The van der Waals surface area contributed by atoms with Crippen LogP contribution in [0, 0.1) is 0 Å². The van der Waals surface area contributed by atoms with Gasteiger partial charge in [-0.1, -0.05) is 0 Å². The Morgan fingerprint density at radius 1 is 1.48 bits per heavy atom. The lowest BCUT2D eigenvalue weighted by atomic mass is 10.1. The monoisotopic (exact) mass is 322 g/mol. The van der Waals surface area contributed by atoms with Gasteiger partial charge < -0.3 is 14.4 Å². The standard InChI is InChI=1S/C16H26N4O3/c1-3-20-13(5-6-17-20)16(21)19-11-14-15(12-19)23-10-8-18(14)7-4-9-22-2/h5-6,14-15H,3-4,7-12H2,1-2H3/t14-,15-/m0/s1. The van der Waals surface area contributed by atoms with Gasteiger partial charge in [-0.2, -0.15) is 5.10 Å². The van der Waals surface area contributed by atoms with Gasteiger partial charge >= 0.3 is 0 Å². The van der Waals surface area contributed by atoms with Crippen molar-refractivity contribution < 1.29 is 14.3 Å². The number of hydrogen-bond acceptors (Lipinski definition) is 5. The summed E-state index contributed by atoms with van der Waals surface area (Å²) in [5.74, 6) is 0.0548. The topological polar surface area (TPSA) is 59.8 Å². The molecule has 2 fully saturated rings. The van der Waals surface area contributed by atoms with Gasteiger partial charge in [-0.3, -0.25) is 14.4 Å². The minimum absolute atomic E-state index is 0.0548. The number of rotatable bonds is 6. The van der Waals surface area contributed by atoms with Crippen LogP contribution in [0.3, 0.4) is 0 Å². The number of fused-ring (bicyclic) bond motifs is 1. The van der Waals surface area contributed by atoms with Crippen molar-refractivity contribution in [3.05, 3.63) is 18.0 Å². The summed E-state index contributed by atoms with van der Waals surface area (Å²) in [4.78, 5) is 17.1. The van der Waals surface area contributed by atoms with Gasteiger partial charge in [0.1, 0.15) is 5.69 Å². The second-order valence-corrected chi connectivity index (χ2v) is 6.10. The maximum Gasteiger partial charge on any atom is 0.272 e. The first-order chi connectivity index (χ1) is 11.2. The zero-order valence-electron chi connectivity index (χ0n) is 14.0. The Bertz CT molecular complexity index is 533. The molecule has 1 aromatic heterocycles. The van der Waals surface area contributed by atoms with Gasteiger partial charge in [0.15, 0.2) is 0 Å². The second kappa shape index (κ2) is 7.42. The fourth-order valence-electron chi connectivity index (χ4n) is 3.54. The van der Waals surface area contributed by atoms with E-state index in [9.17, 15) is 4.79 Å². The van der Waals surface area contributed by atoms with Crippen LogP contribution < -0.4 is 0 Å². The number of aromatic nitrogens is 2. The number of aryl methyl sites for hydroxylation is 1. The summed E-state index contributed by atoms with van der Waals surface area (Å²) in [6.07, 6.45) is 2.82. The Morgan fingerprint density at radius 3 is 3.13 bits per heavy atom. The first-order valence-electron chi connectivity index (χ1n) is 8.40. The lowest BCUT2D eigenvalue weighted by Crippen LogP contribution is -2.51. The number of likely N-dealkylation sites (tertiary alicyclic amines) is 1. The van der Waals surface area contributed by atoms with E-state index in [0.29, 0.717) is 24.8 Å². The van der Waals surface area contributed by atoms with Crippen molar-refractivity contribution >= 4 is 5.91 Å². The summed E-state index contributed by atoms with van der Waals surface area (Å²) in [5.41, 5.74) is 0.664. The van der Waals surface area contributed by atoms with Gasteiger partial charge in [0.05, 0.1) is 18.8 Å². The normalized spacial score (nSPS) is 24.9. The van der Waals surface area contributed by atoms with Crippen molar-refractivity contribution in [2.45, 2.75) is 32.0 Å². The van der Waals surface area contributed by atoms with Crippen LogP contribution in [-0.2, 0) is 16.0 Å². The number of carbonyl (C=O) groups excluding carboxylic acids is 1. The van der Waals surface area contributed by atoms with Crippen molar-refractivity contribution in [1.82, 2.24) is 19.6 Å². The number of amides is 1. The quantitative estimate of drug-likeness (QED) is 0.712. The maximum absolute atomic E-state index is 12.8. The number of ether oxygens (including phenoxy) is 2. The summed E-state index contributed by atoms with van der Waals surface area (Å²) in [6.45, 7) is 7.52. The van der Waals surface area contributed by atoms with Crippen LogP contribution in [0.5, 0.6) is 0 Å². The molecule has 2 atom stereocenters. The highest BCUT2D eigenvalue weighted by Crippen LogP contribution is 2.24. The highest BCUT2D eigenvalue weighted by atomic mass is 16.5. The predicted molar refractivity (Wildman–Crippen MR) is 85.4 cm³/mol. The third kappa shape index (κ3) is 3.41. The Morgan fingerprint density at radius 2 is 2.35 bits per heavy atom. The van der Waals surface area contributed by atoms with Gasteiger partial charge in [0.2, 0.25) is 0 Å². The SMILES string of the molecule is CCn1nccc1C(=O)N1C[C@@H]2OCCN(CCCOC)[C@H]2C1. The highest BCUT2D eigenvalue weighted by molar-refractivity contribution is 5.92. The van der Waals surface area contributed by atoms with E-state index in [2.05, 4.69) is 10.00 Å². The van der Waals surface area contributed by atoms with E-state index in [0.717, 1.165) is 39.3 Å². The van der Waals surface area contributed by atoms with E-state index in [-0.39, 0.29) is 12.0 Å². The lowest BCUT2D eigenvalue weighted by Gasteiger charge is -2.36. The van der Waals surface area contributed by atoms with Crippen LogP contribution >= 0.6 is 0 Å². The van der Waals surface area contributed by atoms with Crippen LogP contribution in [0.1, 0.15) is 23.8 Å².